The van der Waals surface area contributed by atoms with Crippen LogP contribution in [-0.4, -0.2) is 28.0 Å². The average Bonchev–Trinajstić information content (AvgIpc) is 3.18. The number of aliphatic hydroxyl groups is 3. The van der Waals surface area contributed by atoms with Gasteiger partial charge in [-0.3, -0.25) is 0 Å². The fourth-order valence-electron chi connectivity index (χ4n) is 11.7. The smallest absolute Gasteiger partial charge is 0.0915 e. The lowest BCUT2D eigenvalue weighted by Crippen LogP contribution is -2.67. The van der Waals surface area contributed by atoms with E-state index < -0.39 is 6.10 Å². The van der Waals surface area contributed by atoms with E-state index in [1.165, 1.54) is 31.3 Å². The first-order valence-electron chi connectivity index (χ1n) is 14.1. The highest BCUT2D eigenvalue weighted by molar-refractivity contribution is 5.25. The largest absolute Gasteiger partial charge is 0.512 e. The lowest BCUT2D eigenvalue weighted by atomic mass is 9.32. The third kappa shape index (κ3) is 2.78. The summed E-state index contributed by atoms with van der Waals surface area (Å²) in [6.07, 6.45) is 10.7. The predicted molar refractivity (Wildman–Crippen MR) is 138 cm³/mol. The van der Waals surface area contributed by atoms with Crippen LogP contribution in [0.15, 0.2) is 24.5 Å². The highest BCUT2D eigenvalue weighted by Crippen LogP contribution is 2.78. The second-order valence-electron chi connectivity index (χ2n) is 14.5. The Kier molecular flexibility index (Phi) is 5.56. The van der Waals surface area contributed by atoms with Gasteiger partial charge in [0.2, 0.25) is 0 Å². The van der Waals surface area contributed by atoms with Gasteiger partial charge in [0.25, 0.3) is 0 Å². The van der Waals surface area contributed by atoms with E-state index in [0.717, 1.165) is 38.5 Å². The van der Waals surface area contributed by atoms with Gasteiger partial charge in [-0.1, -0.05) is 46.4 Å². The summed E-state index contributed by atoms with van der Waals surface area (Å²) in [5.41, 5.74) is 1.42. The van der Waals surface area contributed by atoms with Crippen LogP contribution in [-0.2, 0) is 0 Å². The Morgan fingerprint density at radius 3 is 2.15 bits per heavy atom. The molecular formula is C31H50O3. The Balaban J connectivity index is 1.56. The molecule has 5 rings (SSSR count). The van der Waals surface area contributed by atoms with Crippen LogP contribution >= 0.6 is 0 Å². The molecule has 192 valence electrons. The zero-order valence-electron chi connectivity index (χ0n) is 22.5. The van der Waals surface area contributed by atoms with E-state index in [1.807, 2.05) is 0 Å². The van der Waals surface area contributed by atoms with Gasteiger partial charge in [0, 0.05) is 10.8 Å². The molecule has 0 aromatic carbocycles. The number of hydrogen-bond donors (Lipinski definition) is 3. The topological polar surface area (TPSA) is 60.7 Å². The van der Waals surface area contributed by atoms with Crippen LogP contribution in [0.2, 0.25) is 0 Å². The summed E-state index contributed by atoms with van der Waals surface area (Å²) in [4.78, 5) is 0. The number of aliphatic hydroxyl groups excluding tert-OH is 3. The Labute approximate surface area is 208 Å². The van der Waals surface area contributed by atoms with Crippen LogP contribution in [0.3, 0.4) is 0 Å². The molecule has 0 aromatic rings. The molecule has 3 N–H and O–H groups in total. The highest BCUT2D eigenvalue weighted by Gasteiger charge is 2.71. The van der Waals surface area contributed by atoms with Gasteiger partial charge in [-0.15, -0.1) is 0 Å². The molecule has 5 aliphatic rings. The second kappa shape index (κ2) is 7.60. The number of allylic oxidation sites excluding steroid dienone is 2. The molecule has 0 aliphatic heterocycles. The van der Waals surface area contributed by atoms with E-state index in [9.17, 15) is 15.3 Å². The van der Waals surface area contributed by atoms with Gasteiger partial charge in [-0.05, 0) is 117 Å². The summed E-state index contributed by atoms with van der Waals surface area (Å²) in [5.74, 6) is 2.97. The van der Waals surface area contributed by atoms with Crippen LogP contribution < -0.4 is 0 Å². The molecule has 4 unspecified atom stereocenters. The summed E-state index contributed by atoms with van der Waals surface area (Å²) in [6, 6.07) is 0. The van der Waals surface area contributed by atoms with Crippen molar-refractivity contribution in [2.45, 2.75) is 105 Å². The SMILES string of the molecule is C=C(C)C1CC[C@]2(C(=C)O)CC[C@]3(C)C(CCC4[C@@]5(C)CC[C@H](O)[C@@](C)(CO)[C@@H]5CC[C@]43C)C12. The molecule has 0 amide bonds. The summed E-state index contributed by atoms with van der Waals surface area (Å²) >= 11 is 0. The van der Waals surface area contributed by atoms with E-state index in [1.54, 1.807) is 0 Å². The van der Waals surface area contributed by atoms with Crippen LogP contribution in [0.5, 0.6) is 0 Å². The monoisotopic (exact) mass is 470 g/mol. The van der Waals surface area contributed by atoms with Crippen molar-refractivity contribution in [3.8, 4) is 0 Å². The number of hydrogen-bond acceptors (Lipinski definition) is 3. The van der Waals surface area contributed by atoms with Gasteiger partial charge >= 0.3 is 0 Å². The number of fused-ring (bicyclic) bond motifs is 7. The molecule has 0 spiro atoms. The molecular weight excluding hydrogens is 420 g/mol. The Bertz CT molecular complexity index is 880. The second-order valence-corrected chi connectivity index (χ2v) is 14.5. The minimum Gasteiger partial charge on any atom is -0.512 e. The van der Waals surface area contributed by atoms with Crippen molar-refractivity contribution in [3.63, 3.8) is 0 Å². The van der Waals surface area contributed by atoms with Crippen LogP contribution in [0.4, 0.5) is 0 Å². The maximum atomic E-state index is 10.9. The van der Waals surface area contributed by atoms with Gasteiger partial charge in [0.05, 0.1) is 18.5 Å². The predicted octanol–water partition coefficient (Wildman–Crippen LogP) is 7.05. The maximum absolute atomic E-state index is 10.9. The molecule has 5 fully saturated rings. The van der Waals surface area contributed by atoms with Crippen molar-refractivity contribution < 1.29 is 15.3 Å². The van der Waals surface area contributed by atoms with E-state index in [2.05, 4.69) is 47.8 Å². The molecule has 3 heteroatoms. The summed E-state index contributed by atoms with van der Waals surface area (Å²) in [6.45, 7) is 20.7. The number of rotatable bonds is 3. The molecule has 3 nitrogen and oxygen atoms in total. The first kappa shape index (κ1) is 24.9. The molecule has 34 heavy (non-hydrogen) atoms. The molecule has 0 radical (unpaired) electrons. The van der Waals surface area contributed by atoms with Gasteiger partial charge in [-0.2, -0.15) is 0 Å². The first-order valence-corrected chi connectivity index (χ1v) is 14.1. The van der Waals surface area contributed by atoms with Crippen LogP contribution in [0.1, 0.15) is 98.8 Å². The van der Waals surface area contributed by atoms with Crippen molar-refractivity contribution in [3.05, 3.63) is 24.5 Å². The molecule has 0 aromatic heterocycles. The van der Waals surface area contributed by atoms with Gasteiger partial charge in [-0.25, -0.2) is 0 Å². The van der Waals surface area contributed by atoms with Crippen molar-refractivity contribution >= 4 is 0 Å². The quantitative estimate of drug-likeness (QED) is 0.306. The van der Waals surface area contributed by atoms with E-state index in [-0.39, 0.29) is 33.7 Å². The fourth-order valence-corrected chi connectivity index (χ4v) is 11.7. The zero-order chi connectivity index (χ0) is 24.9. The van der Waals surface area contributed by atoms with E-state index >= 15 is 0 Å². The lowest BCUT2D eigenvalue weighted by Gasteiger charge is -2.73. The summed E-state index contributed by atoms with van der Waals surface area (Å²) < 4.78 is 0. The van der Waals surface area contributed by atoms with Crippen LogP contribution in [0, 0.1) is 56.7 Å². The van der Waals surface area contributed by atoms with Gasteiger partial charge in [0.15, 0.2) is 0 Å². The Morgan fingerprint density at radius 2 is 1.53 bits per heavy atom. The van der Waals surface area contributed by atoms with Gasteiger partial charge in [0.1, 0.15) is 0 Å². The minimum atomic E-state index is -0.396. The lowest BCUT2D eigenvalue weighted by molar-refractivity contribution is -0.253. The van der Waals surface area contributed by atoms with E-state index in [4.69, 9.17) is 0 Å². The van der Waals surface area contributed by atoms with Crippen molar-refractivity contribution in [1.29, 1.82) is 0 Å². The molecule has 5 aliphatic carbocycles. The van der Waals surface area contributed by atoms with Crippen LogP contribution in [0.25, 0.3) is 0 Å². The van der Waals surface area contributed by atoms with Gasteiger partial charge < -0.3 is 15.3 Å². The first-order chi connectivity index (χ1) is 15.8. The molecule has 0 bridgehead atoms. The zero-order valence-corrected chi connectivity index (χ0v) is 22.5. The summed E-state index contributed by atoms with van der Waals surface area (Å²) in [5, 5.41) is 32.3. The molecule has 0 heterocycles. The summed E-state index contributed by atoms with van der Waals surface area (Å²) in [7, 11) is 0. The molecule has 5 saturated carbocycles. The highest BCUT2D eigenvalue weighted by atomic mass is 16.3. The maximum Gasteiger partial charge on any atom is 0.0915 e. The standard InChI is InChI=1S/C31H50O3/c1-19(2)21-10-15-31(20(3)33)17-16-29(6)22(26(21)31)8-9-24-27(4)13-12-25(34)28(5,18-32)23(27)11-14-30(24,29)7/h21-26,32-34H,1,3,8-18H2,2,4-7H3/t21?,22?,23-,24?,25+,26?,27+,28+,29-,30-,31-/m1/s1. The average molecular weight is 471 g/mol. The molecule has 11 atom stereocenters. The normalized spacial score (nSPS) is 56.6. The van der Waals surface area contributed by atoms with Crippen molar-refractivity contribution in [2.24, 2.45) is 56.7 Å². The molecule has 0 saturated heterocycles. The Hall–Kier alpha value is -0.800. The van der Waals surface area contributed by atoms with Crippen molar-refractivity contribution in [1.82, 2.24) is 0 Å². The minimum absolute atomic E-state index is 0.0846. The fraction of sp³-hybridized carbons (Fsp3) is 0.871. The van der Waals surface area contributed by atoms with Crippen molar-refractivity contribution in [2.75, 3.05) is 6.61 Å². The van der Waals surface area contributed by atoms with E-state index in [0.29, 0.717) is 35.3 Å². The third-order valence-electron chi connectivity index (χ3n) is 13.8. The Morgan fingerprint density at radius 1 is 0.824 bits per heavy atom. The third-order valence-corrected chi connectivity index (χ3v) is 13.8.